The highest BCUT2D eigenvalue weighted by Gasteiger charge is 2.18. The first-order chi connectivity index (χ1) is 7.43. The third kappa shape index (κ3) is 2.76. The van der Waals surface area contributed by atoms with E-state index in [4.69, 9.17) is 5.73 Å². The topological polar surface area (TPSA) is 55.1 Å². The van der Waals surface area contributed by atoms with E-state index in [1.807, 2.05) is 0 Å². The predicted octanol–water partition coefficient (Wildman–Crippen LogP) is 1.35. The van der Waals surface area contributed by atoms with Crippen LogP contribution in [0.2, 0.25) is 0 Å². The first-order valence-electron chi connectivity index (χ1n) is 4.92. The molecule has 5 heteroatoms. The molecule has 1 aromatic rings. The van der Waals surface area contributed by atoms with E-state index in [-0.39, 0.29) is 18.2 Å². The molecule has 1 rings (SSSR count). The Morgan fingerprint density at radius 3 is 2.69 bits per heavy atom. The van der Waals surface area contributed by atoms with E-state index in [1.54, 1.807) is 6.92 Å². The highest BCUT2D eigenvalue weighted by Crippen LogP contribution is 2.15. The molecule has 0 spiro atoms. The molecule has 16 heavy (non-hydrogen) atoms. The zero-order valence-electron chi connectivity index (χ0n) is 9.18. The molecule has 0 aliphatic rings. The van der Waals surface area contributed by atoms with Crippen LogP contribution in [0.1, 0.15) is 22.8 Å². The maximum Gasteiger partial charge on any atom is 0.257 e. The van der Waals surface area contributed by atoms with Crippen molar-refractivity contribution in [1.82, 2.24) is 5.32 Å². The van der Waals surface area contributed by atoms with E-state index < -0.39 is 23.1 Å². The molecule has 3 nitrogen and oxygen atoms in total. The Kier molecular flexibility index (Phi) is 3.95. The van der Waals surface area contributed by atoms with Crippen molar-refractivity contribution in [2.45, 2.75) is 19.9 Å². The number of carbonyl (C=O) groups excluding carboxylic acids is 1. The third-order valence-corrected chi connectivity index (χ3v) is 2.10. The van der Waals surface area contributed by atoms with Gasteiger partial charge < -0.3 is 11.1 Å². The first kappa shape index (κ1) is 12.6. The molecule has 0 bridgehead atoms. The van der Waals surface area contributed by atoms with Gasteiger partial charge in [0.15, 0.2) is 0 Å². The van der Waals surface area contributed by atoms with E-state index in [1.165, 1.54) is 13.0 Å². The van der Waals surface area contributed by atoms with E-state index in [2.05, 4.69) is 5.32 Å². The summed E-state index contributed by atoms with van der Waals surface area (Å²) in [6, 6.07) is 2.09. The van der Waals surface area contributed by atoms with Gasteiger partial charge in [-0.15, -0.1) is 0 Å². The molecule has 0 radical (unpaired) electrons. The van der Waals surface area contributed by atoms with Crippen molar-refractivity contribution in [2.75, 3.05) is 6.54 Å². The number of hydrogen-bond donors (Lipinski definition) is 2. The van der Waals surface area contributed by atoms with Crippen molar-refractivity contribution in [2.24, 2.45) is 5.73 Å². The lowest BCUT2D eigenvalue weighted by Gasteiger charge is -2.10. The van der Waals surface area contributed by atoms with Crippen molar-refractivity contribution >= 4 is 5.91 Å². The number of halogens is 2. The van der Waals surface area contributed by atoms with Gasteiger partial charge in [-0.25, -0.2) is 8.78 Å². The van der Waals surface area contributed by atoms with E-state index >= 15 is 0 Å². The minimum Gasteiger partial charge on any atom is -0.350 e. The van der Waals surface area contributed by atoms with Gasteiger partial charge in [0.25, 0.3) is 5.91 Å². The maximum absolute atomic E-state index is 13.5. The summed E-state index contributed by atoms with van der Waals surface area (Å²) < 4.78 is 26.8. The number of rotatable bonds is 3. The SMILES string of the molecule is Cc1ccc(F)c(C(=O)NCC(C)N)c1F. The Bertz CT molecular complexity index is 405. The molecular formula is C11H14F2N2O. The van der Waals surface area contributed by atoms with E-state index in [9.17, 15) is 13.6 Å². The fraction of sp³-hybridized carbons (Fsp3) is 0.364. The highest BCUT2D eigenvalue weighted by atomic mass is 19.1. The van der Waals surface area contributed by atoms with Gasteiger partial charge >= 0.3 is 0 Å². The second kappa shape index (κ2) is 5.03. The van der Waals surface area contributed by atoms with Crippen LogP contribution in [-0.2, 0) is 0 Å². The Balaban J connectivity index is 2.95. The van der Waals surface area contributed by atoms with Crippen LogP contribution < -0.4 is 11.1 Å². The standard InChI is InChI=1S/C11H14F2N2O/c1-6-3-4-8(12)9(10(6)13)11(16)15-5-7(2)14/h3-4,7H,5,14H2,1-2H3,(H,15,16). The smallest absolute Gasteiger partial charge is 0.257 e. The van der Waals surface area contributed by atoms with Gasteiger partial charge in [0.1, 0.15) is 17.2 Å². The molecular weight excluding hydrogens is 214 g/mol. The lowest BCUT2D eigenvalue weighted by Crippen LogP contribution is -2.36. The fourth-order valence-electron chi connectivity index (χ4n) is 1.21. The van der Waals surface area contributed by atoms with Crippen molar-refractivity contribution in [3.05, 3.63) is 34.9 Å². The highest BCUT2D eigenvalue weighted by molar-refractivity contribution is 5.95. The molecule has 1 aromatic carbocycles. The van der Waals surface area contributed by atoms with Crippen LogP contribution in [0.4, 0.5) is 8.78 Å². The normalized spacial score (nSPS) is 12.3. The molecule has 0 aliphatic heterocycles. The fourth-order valence-corrected chi connectivity index (χ4v) is 1.21. The summed E-state index contributed by atoms with van der Waals surface area (Å²) in [5, 5.41) is 2.36. The molecule has 0 fully saturated rings. The van der Waals surface area contributed by atoms with Crippen molar-refractivity contribution in [3.63, 3.8) is 0 Å². The van der Waals surface area contributed by atoms with Crippen LogP contribution in [-0.4, -0.2) is 18.5 Å². The summed E-state index contributed by atoms with van der Waals surface area (Å²) >= 11 is 0. The Morgan fingerprint density at radius 1 is 1.50 bits per heavy atom. The molecule has 1 atom stereocenters. The van der Waals surface area contributed by atoms with Crippen LogP contribution in [0.3, 0.4) is 0 Å². The lowest BCUT2D eigenvalue weighted by atomic mass is 10.1. The monoisotopic (exact) mass is 228 g/mol. The quantitative estimate of drug-likeness (QED) is 0.820. The summed E-state index contributed by atoms with van der Waals surface area (Å²) in [5.74, 6) is -2.48. The number of nitrogens with one attached hydrogen (secondary N) is 1. The molecule has 1 unspecified atom stereocenters. The number of amides is 1. The number of hydrogen-bond acceptors (Lipinski definition) is 2. The van der Waals surface area contributed by atoms with Gasteiger partial charge in [-0.2, -0.15) is 0 Å². The Hall–Kier alpha value is -1.49. The van der Waals surface area contributed by atoms with Gasteiger partial charge in [0, 0.05) is 12.6 Å². The van der Waals surface area contributed by atoms with Crippen molar-refractivity contribution < 1.29 is 13.6 Å². The van der Waals surface area contributed by atoms with Gasteiger partial charge in [-0.3, -0.25) is 4.79 Å². The molecule has 88 valence electrons. The predicted molar refractivity (Wildman–Crippen MR) is 57.1 cm³/mol. The Labute approximate surface area is 92.6 Å². The van der Waals surface area contributed by atoms with Gasteiger partial charge in [-0.1, -0.05) is 6.07 Å². The Morgan fingerprint density at radius 2 is 2.12 bits per heavy atom. The summed E-state index contributed by atoms with van der Waals surface area (Å²) in [6.07, 6.45) is 0. The minimum absolute atomic E-state index is 0.172. The van der Waals surface area contributed by atoms with Crippen LogP contribution in [0.5, 0.6) is 0 Å². The molecule has 0 saturated heterocycles. The number of nitrogens with two attached hydrogens (primary N) is 1. The van der Waals surface area contributed by atoms with Gasteiger partial charge in [0.05, 0.1) is 0 Å². The van der Waals surface area contributed by atoms with Gasteiger partial charge in [-0.05, 0) is 25.5 Å². The number of benzene rings is 1. The zero-order valence-corrected chi connectivity index (χ0v) is 9.18. The second-order valence-corrected chi connectivity index (χ2v) is 3.74. The van der Waals surface area contributed by atoms with Crippen molar-refractivity contribution in [3.8, 4) is 0 Å². The molecule has 0 aliphatic carbocycles. The van der Waals surface area contributed by atoms with E-state index in [0.29, 0.717) is 0 Å². The molecule has 0 heterocycles. The van der Waals surface area contributed by atoms with Crippen LogP contribution in [0.25, 0.3) is 0 Å². The molecule has 0 saturated carbocycles. The van der Waals surface area contributed by atoms with E-state index in [0.717, 1.165) is 6.07 Å². The summed E-state index contributed by atoms with van der Waals surface area (Å²) in [6.45, 7) is 3.33. The average molecular weight is 228 g/mol. The summed E-state index contributed by atoms with van der Waals surface area (Å²) in [7, 11) is 0. The summed E-state index contributed by atoms with van der Waals surface area (Å²) in [5.41, 5.74) is 5.10. The lowest BCUT2D eigenvalue weighted by molar-refractivity contribution is 0.0943. The van der Waals surface area contributed by atoms with Gasteiger partial charge in [0.2, 0.25) is 0 Å². The number of carbonyl (C=O) groups is 1. The molecule has 1 amide bonds. The largest absolute Gasteiger partial charge is 0.350 e. The first-order valence-corrected chi connectivity index (χ1v) is 4.92. The van der Waals surface area contributed by atoms with Crippen LogP contribution in [0, 0.1) is 18.6 Å². The molecule has 3 N–H and O–H groups in total. The molecule has 0 aromatic heterocycles. The second-order valence-electron chi connectivity index (χ2n) is 3.74. The van der Waals surface area contributed by atoms with Crippen LogP contribution in [0.15, 0.2) is 12.1 Å². The number of aryl methyl sites for hydroxylation is 1. The van der Waals surface area contributed by atoms with Crippen molar-refractivity contribution in [1.29, 1.82) is 0 Å². The average Bonchev–Trinajstić information content (AvgIpc) is 2.21. The minimum atomic E-state index is -0.870. The summed E-state index contributed by atoms with van der Waals surface area (Å²) in [4.78, 5) is 11.5. The van der Waals surface area contributed by atoms with Crippen LogP contribution >= 0.6 is 0 Å². The zero-order chi connectivity index (χ0) is 12.3. The maximum atomic E-state index is 13.5. The third-order valence-electron chi connectivity index (χ3n) is 2.10.